The van der Waals surface area contributed by atoms with Crippen LogP contribution in [0.15, 0.2) is 123 Å². The second-order valence-electron chi connectivity index (χ2n) is 10.0. The molecule has 7 rings (SSSR count). The lowest BCUT2D eigenvalue weighted by atomic mass is 9.93. The summed E-state index contributed by atoms with van der Waals surface area (Å²) in [6.45, 7) is 0. The molecule has 0 spiro atoms. The molecule has 0 radical (unpaired) electrons. The highest BCUT2D eigenvalue weighted by atomic mass is 16.6. The molecule has 0 bridgehead atoms. The monoisotopic (exact) mass is 584 g/mol. The molecule has 0 amide bonds. The number of hydrogen-bond donors (Lipinski definition) is 0. The van der Waals surface area contributed by atoms with E-state index in [4.69, 9.17) is 13.9 Å². The maximum atomic E-state index is 14.5. The predicted octanol–water partition coefficient (Wildman–Crippen LogP) is 4.67. The Kier molecular flexibility index (Phi) is 6.43. The molecule has 44 heavy (non-hydrogen) atoms. The van der Waals surface area contributed by atoms with E-state index in [1.54, 1.807) is 78.9 Å². The van der Waals surface area contributed by atoms with Crippen LogP contribution in [0.4, 0.5) is 0 Å². The number of rotatable bonds is 5. The Labute approximate surface area is 248 Å². The third-order valence-electron chi connectivity index (χ3n) is 7.35. The highest BCUT2D eigenvalue weighted by Gasteiger charge is 2.42. The molecule has 2 unspecified atom stereocenters. The molecule has 2 aliphatic rings. The molecule has 0 saturated heterocycles. The van der Waals surface area contributed by atoms with Gasteiger partial charge in [-0.15, -0.1) is 0 Å². The summed E-state index contributed by atoms with van der Waals surface area (Å²) in [5, 5.41) is 0. The second-order valence-corrected chi connectivity index (χ2v) is 10.0. The molecule has 0 fully saturated rings. The normalized spacial score (nSPS) is 16.6. The molecule has 3 heterocycles. The highest BCUT2D eigenvalue weighted by Crippen LogP contribution is 2.38. The number of hydrogen-bond acceptors (Lipinski definition) is 9. The van der Waals surface area contributed by atoms with Gasteiger partial charge in [0.25, 0.3) is 5.56 Å². The fourth-order valence-electron chi connectivity index (χ4n) is 5.34. The standard InChI is InChI=1S/C34H20N2O8/c37-29(19-11-3-1-4-12-19)26-28-34(41)43-24-18-10-8-16-22(24)36(28)31(38)25(30(26)44-32(39)20-13-5-2-6-14-20)27-33(40)42-23-17-9-7-15-21(23)35-27/h1-18,22,24H. The molecule has 5 aromatic rings. The number of ether oxygens (including phenoxy) is 2. The van der Waals surface area contributed by atoms with Gasteiger partial charge in [-0.25, -0.2) is 19.4 Å². The number of esters is 2. The summed E-state index contributed by atoms with van der Waals surface area (Å²) in [6, 6.07) is 21.4. The van der Waals surface area contributed by atoms with Gasteiger partial charge in [-0.3, -0.25) is 14.2 Å². The fraction of sp³-hybridized carbons (Fsp3) is 0.0588. The van der Waals surface area contributed by atoms with E-state index in [-0.39, 0.29) is 22.2 Å². The van der Waals surface area contributed by atoms with Crippen LogP contribution in [0.1, 0.15) is 42.8 Å². The molecule has 2 aromatic heterocycles. The van der Waals surface area contributed by atoms with Crippen molar-refractivity contribution in [1.29, 1.82) is 0 Å². The number of aromatic nitrogens is 2. The van der Waals surface area contributed by atoms with Crippen molar-refractivity contribution in [3.05, 3.63) is 152 Å². The molecule has 2 atom stereocenters. The smallest absolute Gasteiger partial charge is 0.363 e. The zero-order chi connectivity index (χ0) is 30.4. The van der Waals surface area contributed by atoms with Gasteiger partial charge in [-0.1, -0.05) is 78.9 Å². The first-order chi connectivity index (χ1) is 21.4. The molecular formula is C34H20N2O8. The van der Waals surface area contributed by atoms with Crippen molar-refractivity contribution in [2.24, 2.45) is 0 Å². The van der Waals surface area contributed by atoms with Gasteiger partial charge in [0, 0.05) is 5.56 Å². The van der Waals surface area contributed by atoms with Crippen molar-refractivity contribution in [1.82, 2.24) is 9.55 Å². The predicted molar refractivity (Wildman–Crippen MR) is 158 cm³/mol. The van der Waals surface area contributed by atoms with Gasteiger partial charge >= 0.3 is 17.6 Å². The third kappa shape index (κ3) is 4.36. The number of para-hydroxylation sites is 2. The summed E-state index contributed by atoms with van der Waals surface area (Å²) in [5.41, 5.74) is -3.15. The van der Waals surface area contributed by atoms with Crippen molar-refractivity contribution in [3.63, 3.8) is 0 Å². The van der Waals surface area contributed by atoms with E-state index in [2.05, 4.69) is 4.98 Å². The third-order valence-corrected chi connectivity index (χ3v) is 7.35. The zero-order valence-electron chi connectivity index (χ0n) is 22.7. The summed E-state index contributed by atoms with van der Waals surface area (Å²) < 4.78 is 18.1. The molecular weight excluding hydrogens is 564 g/mol. The van der Waals surface area contributed by atoms with E-state index in [0.29, 0.717) is 0 Å². The summed E-state index contributed by atoms with van der Waals surface area (Å²) in [7, 11) is 0. The lowest BCUT2D eigenvalue weighted by Crippen LogP contribution is -2.44. The number of carbonyl (C=O) groups is 3. The zero-order valence-corrected chi connectivity index (χ0v) is 22.7. The van der Waals surface area contributed by atoms with E-state index >= 15 is 0 Å². The lowest BCUT2D eigenvalue weighted by molar-refractivity contribution is 0.0209. The van der Waals surface area contributed by atoms with Crippen molar-refractivity contribution in [2.75, 3.05) is 0 Å². The topological polar surface area (TPSA) is 135 Å². The second kappa shape index (κ2) is 10.6. The Morgan fingerprint density at radius 1 is 0.795 bits per heavy atom. The van der Waals surface area contributed by atoms with Gasteiger partial charge in [0.1, 0.15) is 22.9 Å². The molecule has 1 aliphatic carbocycles. The van der Waals surface area contributed by atoms with E-state index in [0.717, 1.165) is 4.57 Å². The van der Waals surface area contributed by atoms with Gasteiger partial charge in [0.15, 0.2) is 22.8 Å². The number of ketones is 1. The molecule has 0 saturated carbocycles. The molecule has 1 aliphatic heterocycles. The Bertz CT molecular complexity index is 2180. The SMILES string of the molecule is O=C(Oc1c(C(=O)c2ccccc2)c2n(c(=O)c1-c1nc3ccccc3oc1=O)C1C=CC=CC1OC2=O)c1ccccc1. The summed E-state index contributed by atoms with van der Waals surface area (Å²) in [5.74, 6) is -3.28. The fourth-order valence-corrected chi connectivity index (χ4v) is 5.34. The lowest BCUT2D eigenvalue weighted by Gasteiger charge is -2.34. The first-order valence-corrected chi connectivity index (χ1v) is 13.6. The summed E-state index contributed by atoms with van der Waals surface area (Å²) >= 11 is 0. The number of allylic oxidation sites excluding steroid dienone is 2. The van der Waals surface area contributed by atoms with E-state index in [1.807, 2.05) is 0 Å². The molecule has 214 valence electrons. The van der Waals surface area contributed by atoms with Crippen LogP contribution in [0.3, 0.4) is 0 Å². The Morgan fingerprint density at radius 3 is 2.20 bits per heavy atom. The number of fused-ring (bicyclic) bond motifs is 4. The van der Waals surface area contributed by atoms with Crippen LogP contribution in [0.5, 0.6) is 5.75 Å². The van der Waals surface area contributed by atoms with Crippen LogP contribution in [-0.2, 0) is 4.74 Å². The van der Waals surface area contributed by atoms with Crippen molar-refractivity contribution in [3.8, 4) is 17.0 Å². The number of nitrogens with zero attached hydrogens (tertiary/aromatic N) is 2. The Morgan fingerprint density at radius 2 is 1.45 bits per heavy atom. The van der Waals surface area contributed by atoms with Gasteiger partial charge in [0.2, 0.25) is 0 Å². The van der Waals surface area contributed by atoms with Crippen LogP contribution in [0, 0.1) is 0 Å². The average Bonchev–Trinajstić information content (AvgIpc) is 3.05. The summed E-state index contributed by atoms with van der Waals surface area (Å²) in [4.78, 5) is 73.8. The Hall–Kier alpha value is -6.16. The molecule has 3 aromatic carbocycles. The number of pyridine rings is 1. The molecule has 10 nitrogen and oxygen atoms in total. The van der Waals surface area contributed by atoms with E-state index in [1.165, 1.54) is 30.3 Å². The van der Waals surface area contributed by atoms with E-state index < -0.39 is 69.3 Å². The maximum absolute atomic E-state index is 14.5. The van der Waals surface area contributed by atoms with Crippen LogP contribution < -0.4 is 15.9 Å². The average molecular weight is 585 g/mol. The quantitative estimate of drug-likeness (QED) is 0.213. The Balaban J connectivity index is 1.61. The van der Waals surface area contributed by atoms with Gasteiger partial charge < -0.3 is 13.9 Å². The van der Waals surface area contributed by atoms with E-state index in [9.17, 15) is 24.0 Å². The maximum Gasteiger partial charge on any atom is 0.363 e. The number of benzene rings is 3. The van der Waals surface area contributed by atoms with Crippen LogP contribution in [-0.4, -0.2) is 33.4 Å². The van der Waals surface area contributed by atoms with Gasteiger partial charge in [-0.05, 0) is 30.3 Å². The largest absolute Gasteiger partial charge is 0.451 e. The molecule has 10 heteroatoms. The minimum Gasteiger partial charge on any atom is -0.451 e. The minimum atomic E-state index is -1.01. The first kappa shape index (κ1) is 26.7. The van der Waals surface area contributed by atoms with Crippen LogP contribution >= 0.6 is 0 Å². The minimum absolute atomic E-state index is 0.0934. The number of carbonyl (C=O) groups excluding carboxylic acids is 3. The first-order valence-electron chi connectivity index (χ1n) is 13.6. The van der Waals surface area contributed by atoms with Crippen molar-refractivity contribution < 1.29 is 28.3 Å². The van der Waals surface area contributed by atoms with Gasteiger partial charge in [-0.2, -0.15) is 0 Å². The molecule has 0 N–H and O–H groups in total. The van der Waals surface area contributed by atoms with Crippen molar-refractivity contribution >= 4 is 28.8 Å². The summed E-state index contributed by atoms with van der Waals surface area (Å²) in [6.07, 6.45) is 5.69. The van der Waals surface area contributed by atoms with Crippen LogP contribution in [0.25, 0.3) is 22.4 Å². The van der Waals surface area contributed by atoms with Crippen molar-refractivity contribution in [2.45, 2.75) is 12.1 Å². The highest BCUT2D eigenvalue weighted by molar-refractivity contribution is 6.17. The van der Waals surface area contributed by atoms with Crippen LogP contribution in [0.2, 0.25) is 0 Å². The van der Waals surface area contributed by atoms with Gasteiger partial charge in [0.05, 0.1) is 17.2 Å².